The summed E-state index contributed by atoms with van der Waals surface area (Å²) in [5, 5.41) is 0. The fourth-order valence-electron chi connectivity index (χ4n) is 0.517. The molecule has 0 fully saturated rings. The predicted molar refractivity (Wildman–Crippen MR) is 44.3 cm³/mol. The maximum Gasteiger partial charge on any atom is 0.124 e. The second-order valence-corrected chi connectivity index (χ2v) is 3.34. The molecule has 0 amide bonds. The minimum Gasteiger partial charge on any atom is -0.386 e. The van der Waals surface area contributed by atoms with Crippen molar-refractivity contribution >= 4 is 37.9 Å². The normalized spacial score (nSPS) is 19.1. The maximum absolute atomic E-state index is 5.42. The maximum atomic E-state index is 5.42. The van der Waals surface area contributed by atoms with Crippen LogP contribution in [0.2, 0.25) is 0 Å². The quantitative estimate of drug-likeness (QED) is 0.521. The van der Waals surface area contributed by atoms with Crippen LogP contribution in [-0.2, 0) is 0 Å². The van der Waals surface area contributed by atoms with Crippen molar-refractivity contribution in [3.8, 4) is 0 Å². The molecule has 0 aromatic heterocycles. The van der Waals surface area contributed by atoms with Gasteiger partial charge < -0.3 is 9.66 Å². The van der Waals surface area contributed by atoms with Gasteiger partial charge in [-0.05, 0) is 15.9 Å². The highest BCUT2D eigenvalue weighted by Crippen LogP contribution is 2.14. The molecule has 5 heteroatoms. The Balaban J connectivity index is 2.74. The highest BCUT2D eigenvalue weighted by Gasteiger charge is 2.05. The topological polar surface area (TPSA) is 41.6 Å². The van der Waals surface area contributed by atoms with Crippen LogP contribution in [0.15, 0.2) is 15.8 Å². The van der Waals surface area contributed by atoms with Crippen molar-refractivity contribution in [1.82, 2.24) is 3.93 Å². The summed E-state index contributed by atoms with van der Waals surface area (Å²) >= 11 is 6.43. The van der Waals surface area contributed by atoms with E-state index in [9.17, 15) is 0 Å². The Bertz CT molecular complexity index is 175. The number of nitrogens with zero attached hydrogens (tertiary/aromatic N) is 2. The first-order chi connectivity index (χ1) is 4.18. The summed E-state index contributed by atoms with van der Waals surface area (Å²) in [7, 11) is 0. The van der Waals surface area contributed by atoms with E-state index >= 15 is 0 Å². The second-order valence-electron chi connectivity index (χ2n) is 1.61. The van der Waals surface area contributed by atoms with Crippen LogP contribution in [0.25, 0.3) is 0 Å². The molecule has 0 bridgehead atoms. The van der Waals surface area contributed by atoms with E-state index in [0.29, 0.717) is 12.4 Å². The van der Waals surface area contributed by atoms with Crippen LogP contribution in [-0.4, -0.2) is 16.3 Å². The van der Waals surface area contributed by atoms with E-state index in [4.69, 9.17) is 5.73 Å². The molecule has 1 heterocycles. The standard InChI is InChI=1S/C4H5Br2N3/c5-3-1-9(6)2-4(7)8-3/h1H,2H2,(H2,7,8). The molecule has 0 unspecified atom stereocenters. The van der Waals surface area contributed by atoms with Crippen LogP contribution < -0.4 is 5.73 Å². The summed E-state index contributed by atoms with van der Waals surface area (Å²) < 4.78 is 2.52. The second kappa shape index (κ2) is 2.70. The Morgan fingerprint density at radius 3 is 2.89 bits per heavy atom. The zero-order valence-electron chi connectivity index (χ0n) is 4.51. The lowest BCUT2D eigenvalue weighted by molar-refractivity contribution is 0.724. The molecule has 0 saturated carbocycles. The Morgan fingerprint density at radius 2 is 2.44 bits per heavy atom. The molecular weight excluding hydrogens is 250 g/mol. The molecule has 3 nitrogen and oxygen atoms in total. The number of aliphatic imine (C=N–C) groups is 1. The van der Waals surface area contributed by atoms with Crippen molar-refractivity contribution in [1.29, 1.82) is 0 Å². The molecule has 1 rings (SSSR count). The van der Waals surface area contributed by atoms with Gasteiger partial charge in [0.1, 0.15) is 10.4 Å². The molecule has 1 aliphatic heterocycles. The fourth-order valence-corrected chi connectivity index (χ4v) is 1.72. The van der Waals surface area contributed by atoms with Crippen molar-refractivity contribution in [2.45, 2.75) is 0 Å². The van der Waals surface area contributed by atoms with Crippen molar-refractivity contribution < 1.29 is 0 Å². The molecule has 0 aliphatic carbocycles. The first-order valence-electron chi connectivity index (χ1n) is 2.31. The fraction of sp³-hybridized carbons (Fsp3) is 0.250. The summed E-state index contributed by atoms with van der Waals surface area (Å²) in [5.74, 6) is 0.598. The highest BCUT2D eigenvalue weighted by atomic mass is 79.9. The lowest BCUT2D eigenvalue weighted by Gasteiger charge is -2.14. The largest absolute Gasteiger partial charge is 0.386 e. The van der Waals surface area contributed by atoms with Gasteiger partial charge in [-0.1, -0.05) is 0 Å². The van der Waals surface area contributed by atoms with Crippen LogP contribution in [0.4, 0.5) is 0 Å². The monoisotopic (exact) mass is 253 g/mol. The van der Waals surface area contributed by atoms with Gasteiger partial charge >= 0.3 is 0 Å². The van der Waals surface area contributed by atoms with Crippen LogP contribution in [0, 0.1) is 0 Å². The van der Waals surface area contributed by atoms with Crippen molar-refractivity contribution in [3.05, 3.63) is 10.8 Å². The SMILES string of the molecule is NC1=NC(Br)=CN(Br)C1. The Morgan fingerprint density at radius 1 is 1.78 bits per heavy atom. The minimum atomic E-state index is 0.598. The molecule has 0 atom stereocenters. The van der Waals surface area contributed by atoms with E-state index in [-0.39, 0.29) is 0 Å². The third kappa shape index (κ3) is 1.98. The number of nitrogens with two attached hydrogens (primary N) is 1. The smallest absolute Gasteiger partial charge is 0.124 e. The zero-order valence-corrected chi connectivity index (χ0v) is 7.68. The van der Waals surface area contributed by atoms with Gasteiger partial charge in [-0.2, -0.15) is 0 Å². The van der Waals surface area contributed by atoms with Gasteiger partial charge in [0.15, 0.2) is 0 Å². The summed E-state index contributed by atoms with van der Waals surface area (Å²) in [5.41, 5.74) is 5.42. The summed E-state index contributed by atoms with van der Waals surface area (Å²) in [4.78, 5) is 3.93. The first kappa shape index (κ1) is 7.08. The molecule has 0 radical (unpaired) electrons. The number of halogens is 2. The van der Waals surface area contributed by atoms with Gasteiger partial charge in [0.2, 0.25) is 0 Å². The van der Waals surface area contributed by atoms with Crippen LogP contribution >= 0.6 is 32.1 Å². The van der Waals surface area contributed by atoms with Gasteiger partial charge in [-0.3, -0.25) is 0 Å². The van der Waals surface area contributed by atoms with E-state index in [1.165, 1.54) is 0 Å². The first-order valence-corrected chi connectivity index (χ1v) is 3.81. The zero-order chi connectivity index (χ0) is 6.85. The molecule has 2 N–H and O–H groups in total. The predicted octanol–water partition coefficient (Wildman–Crippen LogP) is 1.16. The minimum absolute atomic E-state index is 0.598. The third-order valence-corrected chi connectivity index (χ3v) is 1.65. The van der Waals surface area contributed by atoms with Crippen molar-refractivity contribution in [3.63, 3.8) is 0 Å². The number of hydrogen-bond donors (Lipinski definition) is 1. The molecule has 0 saturated heterocycles. The van der Waals surface area contributed by atoms with E-state index in [2.05, 4.69) is 37.1 Å². The highest BCUT2D eigenvalue weighted by molar-refractivity contribution is 9.11. The molecule has 0 aromatic rings. The van der Waals surface area contributed by atoms with Gasteiger partial charge in [-0.15, -0.1) is 0 Å². The summed E-state index contributed by atoms with van der Waals surface area (Å²) in [6, 6.07) is 0. The number of hydrogen-bond acceptors (Lipinski definition) is 3. The molecule has 0 spiro atoms. The number of amidine groups is 1. The van der Waals surface area contributed by atoms with Crippen LogP contribution in [0.5, 0.6) is 0 Å². The van der Waals surface area contributed by atoms with E-state index in [1.807, 2.05) is 0 Å². The Hall–Kier alpha value is -0.0300. The third-order valence-electron chi connectivity index (χ3n) is 0.810. The Kier molecular flexibility index (Phi) is 2.13. The van der Waals surface area contributed by atoms with Crippen LogP contribution in [0.3, 0.4) is 0 Å². The van der Waals surface area contributed by atoms with E-state index in [1.54, 1.807) is 10.1 Å². The van der Waals surface area contributed by atoms with Gasteiger partial charge in [0.25, 0.3) is 0 Å². The van der Waals surface area contributed by atoms with Crippen molar-refractivity contribution in [2.75, 3.05) is 6.54 Å². The molecule has 9 heavy (non-hydrogen) atoms. The molecular formula is C4H5Br2N3. The Labute approximate surface area is 70.1 Å². The summed E-state index contributed by atoms with van der Waals surface area (Å²) in [6.07, 6.45) is 1.80. The van der Waals surface area contributed by atoms with Gasteiger partial charge in [0.05, 0.1) is 6.54 Å². The average Bonchev–Trinajstić information content (AvgIpc) is 1.59. The van der Waals surface area contributed by atoms with E-state index in [0.717, 1.165) is 4.61 Å². The molecule has 50 valence electrons. The number of rotatable bonds is 0. The molecule has 1 aliphatic rings. The lowest BCUT2D eigenvalue weighted by Crippen LogP contribution is -2.26. The van der Waals surface area contributed by atoms with Gasteiger partial charge in [0, 0.05) is 22.3 Å². The van der Waals surface area contributed by atoms with E-state index < -0.39 is 0 Å². The average molecular weight is 255 g/mol. The molecule has 0 aromatic carbocycles. The van der Waals surface area contributed by atoms with Crippen molar-refractivity contribution in [2.24, 2.45) is 10.7 Å². The summed E-state index contributed by atoms with van der Waals surface area (Å²) in [6.45, 7) is 0.634. The lowest BCUT2D eigenvalue weighted by atomic mass is 10.5. The van der Waals surface area contributed by atoms with Crippen LogP contribution in [0.1, 0.15) is 0 Å². The van der Waals surface area contributed by atoms with Gasteiger partial charge in [-0.25, -0.2) is 4.99 Å².